The zero-order valence-electron chi connectivity index (χ0n) is 30.0. The Bertz CT molecular complexity index is 1420. The number of unbranched alkanes of at least 4 members (excludes halogenated alkanes) is 15. The fourth-order valence-electron chi connectivity index (χ4n) is 6.10. The lowest BCUT2D eigenvalue weighted by molar-refractivity contribution is -0.671. The molecule has 10 nitrogen and oxygen atoms in total. The number of amides is 1. The van der Waals surface area contributed by atoms with Gasteiger partial charge in [-0.25, -0.2) is 27.6 Å². The standard InChI is InChI=1S/C37H60N6O4S.HI/c1-3-4-5-6-7-8-9-10-11-12-13-14-15-16-17-20-26-38-37(44)47-31-35(43-33(2)39-32-40-43)30-41-48(45,46)29-22-28-42-27-21-24-34-23-18-19-25-36(34)42;/h18-19,21,23-25,27,32,35,41H,3-17,20,22,26,28-31H2,1-2H3;1H. The van der Waals surface area contributed by atoms with E-state index in [0.717, 1.165) is 23.7 Å². The molecule has 1 unspecified atom stereocenters. The summed E-state index contributed by atoms with van der Waals surface area (Å²) >= 11 is 0. The van der Waals surface area contributed by atoms with E-state index in [4.69, 9.17) is 4.74 Å². The van der Waals surface area contributed by atoms with Crippen molar-refractivity contribution in [3.8, 4) is 0 Å². The fraction of sp³-hybridized carbons (Fsp3) is 0.676. The Morgan fingerprint density at radius 2 is 1.45 bits per heavy atom. The Morgan fingerprint density at radius 1 is 0.857 bits per heavy atom. The molecule has 49 heavy (non-hydrogen) atoms. The maximum atomic E-state index is 12.9. The first-order valence-electron chi connectivity index (χ1n) is 18.5. The van der Waals surface area contributed by atoms with Crippen LogP contribution in [0.3, 0.4) is 0 Å². The normalized spacial score (nSPS) is 12.1. The second kappa shape index (κ2) is 25.6. The average Bonchev–Trinajstić information content (AvgIpc) is 3.51. The van der Waals surface area contributed by atoms with Crippen LogP contribution in [0.15, 0.2) is 48.9 Å². The highest BCUT2D eigenvalue weighted by molar-refractivity contribution is 7.89. The zero-order valence-corrected chi connectivity index (χ0v) is 32.9. The fourth-order valence-corrected chi connectivity index (χ4v) is 7.20. The van der Waals surface area contributed by atoms with Gasteiger partial charge in [-0.05, 0) is 25.5 Å². The Hall–Kier alpha value is -2.32. The highest BCUT2D eigenvalue weighted by Gasteiger charge is 2.21. The third kappa shape index (κ3) is 18.0. The minimum atomic E-state index is -3.56. The number of carbonyl (C=O) groups excluding carboxylic acids is 1. The van der Waals surface area contributed by atoms with Crippen molar-refractivity contribution in [2.24, 2.45) is 0 Å². The van der Waals surface area contributed by atoms with E-state index in [9.17, 15) is 13.2 Å². The van der Waals surface area contributed by atoms with Crippen LogP contribution in [0.1, 0.15) is 128 Å². The number of ether oxygens (including phenoxy) is 1. The van der Waals surface area contributed by atoms with E-state index in [1.807, 2.05) is 42.6 Å². The SMILES string of the molecule is CCCCCCCCCCCCCCCCCCNC(=O)OCC(CNS(=O)(=O)CCC[n+]1cccc2ccccc21)n1ncnc1C.[I-]. The van der Waals surface area contributed by atoms with E-state index in [-0.39, 0.29) is 42.9 Å². The number of halogens is 1. The monoisotopic (exact) mass is 812 g/mol. The van der Waals surface area contributed by atoms with Gasteiger partial charge >= 0.3 is 6.09 Å². The number of sulfonamides is 1. The van der Waals surface area contributed by atoms with Crippen LogP contribution in [0.4, 0.5) is 4.79 Å². The highest BCUT2D eigenvalue weighted by Crippen LogP contribution is 2.14. The maximum absolute atomic E-state index is 12.9. The zero-order chi connectivity index (χ0) is 34.3. The Morgan fingerprint density at radius 3 is 2.06 bits per heavy atom. The van der Waals surface area contributed by atoms with E-state index < -0.39 is 22.2 Å². The summed E-state index contributed by atoms with van der Waals surface area (Å²) in [6.07, 6.45) is 24.2. The van der Waals surface area contributed by atoms with Crippen LogP contribution in [0.2, 0.25) is 0 Å². The molecule has 2 aromatic heterocycles. The molecule has 0 fully saturated rings. The van der Waals surface area contributed by atoms with Crippen molar-refractivity contribution in [3.05, 3.63) is 54.7 Å². The van der Waals surface area contributed by atoms with Gasteiger partial charge in [-0.2, -0.15) is 9.67 Å². The van der Waals surface area contributed by atoms with Crippen molar-refractivity contribution in [2.75, 3.05) is 25.4 Å². The second-order valence-corrected chi connectivity index (χ2v) is 14.9. The number of rotatable bonds is 27. The average molecular weight is 813 g/mol. The lowest BCUT2D eigenvalue weighted by atomic mass is 10.0. The smallest absolute Gasteiger partial charge is 0.407 e. The molecule has 2 heterocycles. The first-order chi connectivity index (χ1) is 23.4. The number of carbonyl (C=O) groups is 1. The quantitative estimate of drug-likeness (QED) is 0.0663. The topological polar surface area (TPSA) is 119 Å². The van der Waals surface area contributed by atoms with Gasteiger partial charge in [0.05, 0.1) is 5.75 Å². The molecule has 0 bridgehead atoms. The maximum Gasteiger partial charge on any atom is 0.407 e. The van der Waals surface area contributed by atoms with E-state index >= 15 is 0 Å². The summed E-state index contributed by atoms with van der Waals surface area (Å²) in [5.74, 6) is 0.594. The van der Waals surface area contributed by atoms with Crippen LogP contribution in [-0.2, 0) is 21.3 Å². The summed E-state index contributed by atoms with van der Waals surface area (Å²) < 4.78 is 37.6. The van der Waals surface area contributed by atoms with Crippen LogP contribution < -0.4 is 38.6 Å². The van der Waals surface area contributed by atoms with Crippen molar-refractivity contribution < 1.29 is 46.5 Å². The number of hydrogen-bond donors (Lipinski definition) is 2. The lowest BCUT2D eigenvalue weighted by Gasteiger charge is -2.19. The molecule has 12 heteroatoms. The first-order valence-corrected chi connectivity index (χ1v) is 20.2. The third-order valence-electron chi connectivity index (χ3n) is 8.94. The summed E-state index contributed by atoms with van der Waals surface area (Å²) in [4.78, 5) is 16.6. The Labute approximate surface area is 312 Å². The lowest BCUT2D eigenvalue weighted by Crippen LogP contribution is -3.00. The van der Waals surface area contributed by atoms with Gasteiger partial charge in [0.1, 0.15) is 31.3 Å². The summed E-state index contributed by atoms with van der Waals surface area (Å²) in [6, 6.07) is 11.5. The predicted molar refractivity (Wildman–Crippen MR) is 193 cm³/mol. The third-order valence-corrected chi connectivity index (χ3v) is 10.4. The van der Waals surface area contributed by atoms with E-state index in [1.165, 1.54) is 96.2 Å². The predicted octanol–water partition coefficient (Wildman–Crippen LogP) is 4.57. The van der Waals surface area contributed by atoms with E-state index in [1.54, 1.807) is 11.6 Å². The minimum Gasteiger partial charge on any atom is -1.00 e. The van der Waals surface area contributed by atoms with Crippen LogP contribution in [0, 0.1) is 6.92 Å². The van der Waals surface area contributed by atoms with Crippen molar-refractivity contribution in [2.45, 2.75) is 136 Å². The van der Waals surface area contributed by atoms with Crippen molar-refractivity contribution in [3.63, 3.8) is 0 Å². The van der Waals surface area contributed by atoms with Gasteiger partial charge in [-0.3, -0.25) is 0 Å². The van der Waals surface area contributed by atoms with Crippen LogP contribution in [0.25, 0.3) is 10.9 Å². The van der Waals surface area contributed by atoms with E-state index in [0.29, 0.717) is 25.3 Å². The van der Waals surface area contributed by atoms with E-state index in [2.05, 4.69) is 31.6 Å². The number of fused-ring (bicyclic) bond motifs is 1. The molecule has 0 spiro atoms. The molecule has 3 aromatic rings. The number of aromatic nitrogens is 4. The molecular formula is C37H61IN6O4S. The van der Waals surface area contributed by atoms with Gasteiger partial charge in [-0.1, -0.05) is 115 Å². The molecule has 0 aliphatic heterocycles. The Balaban J connectivity index is 0.00000833. The van der Waals surface area contributed by atoms with Gasteiger partial charge in [0.25, 0.3) is 0 Å². The number of nitrogens with zero attached hydrogens (tertiary/aromatic N) is 4. The summed E-state index contributed by atoms with van der Waals surface area (Å²) in [6.45, 7) is 5.21. The number of hydrogen-bond acceptors (Lipinski definition) is 6. The van der Waals surface area contributed by atoms with Gasteiger partial charge in [0, 0.05) is 37.0 Å². The molecule has 276 valence electrons. The molecule has 3 rings (SSSR count). The number of alkyl carbamates (subject to hydrolysis) is 1. The molecule has 0 aliphatic rings. The molecular weight excluding hydrogens is 751 g/mol. The first kappa shape index (κ1) is 42.8. The summed E-state index contributed by atoms with van der Waals surface area (Å²) in [5, 5.41) is 8.17. The number of para-hydroxylation sites is 1. The second-order valence-electron chi connectivity index (χ2n) is 13.0. The van der Waals surface area contributed by atoms with Gasteiger partial charge in [0.15, 0.2) is 6.20 Å². The largest absolute Gasteiger partial charge is 1.00 e. The number of aryl methyl sites for hydroxylation is 2. The minimum absolute atomic E-state index is 0. The van der Waals surface area contributed by atoms with Crippen LogP contribution in [0.5, 0.6) is 0 Å². The highest BCUT2D eigenvalue weighted by atomic mass is 127. The molecule has 0 radical (unpaired) electrons. The molecule has 1 atom stereocenters. The summed E-state index contributed by atoms with van der Waals surface area (Å²) in [7, 11) is -3.56. The molecule has 0 aliphatic carbocycles. The molecule has 0 saturated heterocycles. The number of benzene rings is 1. The van der Waals surface area contributed by atoms with Crippen molar-refractivity contribution in [1.29, 1.82) is 0 Å². The Kier molecular flexibility index (Phi) is 22.4. The van der Waals surface area contributed by atoms with Crippen molar-refractivity contribution in [1.82, 2.24) is 24.8 Å². The van der Waals surface area contributed by atoms with Gasteiger partial charge < -0.3 is 34.0 Å². The van der Waals surface area contributed by atoms with Crippen LogP contribution in [-0.4, -0.2) is 54.7 Å². The van der Waals surface area contributed by atoms with Crippen molar-refractivity contribution >= 4 is 27.0 Å². The molecule has 0 saturated carbocycles. The van der Waals surface area contributed by atoms with Gasteiger partial charge in [-0.15, -0.1) is 0 Å². The number of pyridine rings is 1. The van der Waals surface area contributed by atoms with Crippen LogP contribution >= 0.6 is 0 Å². The molecule has 1 aromatic carbocycles. The number of nitrogens with one attached hydrogen (secondary N) is 2. The van der Waals surface area contributed by atoms with Gasteiger partial charge in [0.2, 0.25) is 15.5 Å². The molecule has 1 amide bonds. The molecule has 2 N–H and O–H groups in total. The summed E-state index contributed by atoms with van der Waals surface area (Å²) in [5.41, 5.74) is 1.07.